The second kappa shape index (κ2) is 8.33. The van der Waals surface area contributed by atoms with E-state index in [-0.39, 0.29) is 16.5 Å². The van der Waals surface area contributed by atoms with Crippen LogP contribution in [0.15, 0.2) is 41.1 Å². The van der Waals surface area contributed by atoms with Crippen molar-refractivity contribution in [1.29, 1.82) is 0 Å². The van der Waals surface area contributed by atoms with Crippen molar-refractivity contribution in [1.82, 2.24) is 5.32 Å². The molecular weight excluding hydrogens is 385 g/mol. The van der Waals surface area contributed by atoms with Crippen molar-refractivity contribution in [2.75, 3.05) is 14.2 Å². The summed E-state index contributed by atoms with van der Waals surface area (Å²) >= 11 is 12.5. The SMILES string of the molecule is COC(=O)OC1=C(C)NC(C)=C(OC(=O)OC)C1c1cccc(Cl)c1Cl. The Kier molecular flexibility index (Phi) is 6.39. The van der Waals surface area contributed by atoms with Gasteiger partial charge in [0.1, 0.15) is 17.4 Å². The third-order valence-electron chi connectivity index (χ3n) is 3.65. The summed E-state index contributed by atoms with van der Waals surface area (Å²) in [6.07, 6.45) is -1.86. The number of halogens is 2. The summed E-state index contributed by atoms with van der Waals surface area (Å²) in [4.78, 5) is 23.4. The molecule has 2 rings (SSSR count). The average molecular weight is 402 g/mol. The van der Waals surface area contributed by atoms with Gasteiger partial charge in [-0.1, -0.05) is 35.3 Å². The highest BCUT2D eigenvalue weighted by molar-refractivity contribution is 6.42. The predicted molar refractivity (Wildman–Crippen MR) is 94.7 cm³/mol. The van der Waals surface area contributed by atoms with E-state index in [1.807, 2.05) is 0 Å². The lowest BCUT2D eigenvalue weighted by Crippen LogP contribution is -2.29. The first kappa shape index (κ1) is 19.9. The Morgan fingerprint density at radius 1 is 0.962 bits per heavy atom. The predicted octanol–water partition coefficient (Wildman–Crippen LogP) is 4.71. The highest BCUT2D eigenvalue weighted by Gasteiger charge is 2.36. The first-order valence-electron chi connectivity index (χ1n) is 7.44. The molecule has 1 aliphatic heterocycles. The summed E-state index contributed by atoms with van der Waals surface area (Å²) in [5, 5.41) is 3.52. The molecule has 0 fully saturated rings. The number of methoxy groups -OCH3 is 2. The molecule has 0 radical (unpaired) electrons. The molecule has 7 nitrogen and oxygen atoms in total. The Balaban J connectivity index is 2.63. The zero-order valence-electron chi connectivity index (χ0n) is 14.5. The molecule has 26 heavy (non-hydrogen) atoms. The van der Waals surface area contributed by atoms with Gasteiger partial charge >= 0.3 is 12.3 Å². The van der Waals surface area contributed by atoms with Crippen molar-refractivity contribution in [3.8, 4) is 0 Å². The highest BCUT2D eigenvalue weighted by Crippen LogP contribution is 2.43. The number of ether oxygens (including phenoxy) is 4. The molecule has 0 aromatic heterocycles. The number of rotatable bonds is 3. The number of benzene rings is 1. The van der Waals surface area contributed by atoms with Crippen molar-refractivity contribution in [3.63, 3.8) is 0 Å². The molecule has 1 N–H and O–H groups in total. The van der Waals surface area contributed by atoms with E-state index in [4.69, 9.17) is 32.7 Å². The minimum absolute atomic E-state index is 0.158. The lowest BCUT2D eigenvalue weighted by atomic mass is 9.90. The standard InChI is InChI=1S/C17H17Cl2NO6/c1-8-14(25-16(21)23-3)12(10-6-5-7-11(18)13(10)19)15(9(2)20-8)26-17(22)24-4/h5-7,12,20H,1-4H3. The molecule has 0 atom stereocenters. The van der Waals surface area contributed by atoms with Crippen LogP contribution in [0.1, 0.15) is 25.3 Å². The maximum Gasteiger partial charge on any atom is 0.513 e. The third kappa shape index (κ3) is 4.05. The second-order valence-corrected chi connectivity index (χ2v) is 6.08. The van der Waals surface area contributed by atoms with Crippen LogP contribution in [-0.4, -0.2) is 26.5 Å². The van der Waals surface area contributed by atoms with Gasteiger partial charge in [0.05, 0.1) is 35.7 Å². The Bertz CT molecular complexity index is 762. The molecule has 9 heteroatoms. The van der Waals surface area contributed by atoms with E-state index < -0.39 is 18.2 Å². The lowest BCUT2D eigenvalue weighted by Gasteiger charge is -2.30. The van der Waals surface area contributed by atoms with Crippen LogP contribution in [0, 0.1) is 0 Å². The fraction of sp³-hybridized carbons (Fsp3) is 0.294. The van der Waals surface area contributed by atoms with Gasteiger partial charge in [-0.15, -0.1) is 0 Å². The van der Waals surface area contributed by atoms with Gasteiger partial charge < -0.3 is 24.3 Å². The van der Waals surface area contributed by atoms with E-state index in [1.54, 1.807) is 32.0 Å². The van der Waals surface area contributed by atoms with Gasteiger partial charge in [-0.2, -0.15) is 0 Å². The summed E-state index contributed by atoms with van der Waals surface area (Å²) in [5.74, 6) is -0.503. The number of carbonyl (C=O) groups is 2. The molecule has 0 bridgehead atoms. The quantitative estimate of drug-likeness (QED) is 0.734. The summed E-state index contributed by atoms with van der Waals surface area (Å²) in [6.45, 7) is 3.39. The monoisotopic (exact) mass is 401 g/mol. The average Bonchev–Trinajstić information content (AvgIpc) is 2.61. The molecule has 1 heterocycles. The van der Waals surface area contributed by atoms with Crippen molar-refractivity contribution in [3.05, 3.63) is 56.7 Å². The van der Waals surface area contributed by atoms with Crippen LogP contribution < -0.4 is 5.32 Å². The van der Waals surface area contributed by atoms with Gasteiger partial charge in [0.15, 0.2) is 0 Å². The number of dihydropyridines is 1. The van der Waals surface area contributed by atoms with Gasteiger partial charge in [-0.3, -0.25) is 0 Å². The van der Waals surface area contributed by atoms with Crippen molar-refractivity contribution in [2.24, 2.45) is 0 Å². The summed E-state index contributed by atoms with van der Waals surface area (Å²) in [6, 6.07) is 4.98. The van der Waals surface area contributed by atoms with Crippen LogP contribution in [0.4, 0.5) is 9.59 Å². The van der Waals surface area contributed by atoms with E-state index in [0.29, 0.717) is 22.0 Å². The number of allylic oxidation sites excluding steroid dienone is 2. The van der Waals surface area contributed by atoms with Crippen LogP contribution in [0.25, 0.3) is 0 Å². The van der Waals surface area contributed by atoms with Gasteiger partial charge in [0, 0.05) is 0 Å². The molecule has 0 saturated heterocycles. The van der Waals surface area contributed by atoms with Crippen LogP contribution in [0.5, 0.6) is 0 Å². The third-order valence-corrected chi connectivity index (χ3v) is 4.48. The Hall–Kier alpha value is -2.38. The molecule has 140 valence electrons. The fourth-order valence-electron chi connectivity index (χ4n) is 2.52. The minimum atomic E-state index is -0.929. The van der Waals surface area contributed by atoms with E-state index in [9.17, 15) is 9.59 Å². The number of carbonyl (C=O) groups excluding carboxylic acids is 2. The molecule has 1 aromatic rings. The topological polar surface area (TPSA) is 83.1 Å². The maximum atomic E-state index is 11.7. The normalized spacial score (nSPS) is 14.7. The van der Waals surface area contributed by atoms with Crippen LogP contribution in [0.3, 0.4) is 0 Å². The Labute approximate surface area is 160 Å². The van der Waals surface area contributed by atoms with Crippen molar-refractivity contribution >= 4 is 35.5 Å². The molecule has 0 unspecified atom stereocenters. The van der Waals surface area contributed by atoms with Gasteiger partial charge in [-0.05, 0) is 25.5 Å². The van der Waals surface area contributed by atoms with E-state index in [1.165, 1.54) is 14.2 Å². The number of hydrogen-bond acceptors (Lipinski definition) is 7. The lowest BCUT2D eigenvalue weighted by molar-refractivity contribution is 0.0786. The van der Waals surface area contributed by atoms with Gasteiger partial charge in [-0.25, -0.2) is 9.59 Å². The zero-order valence-corrected chi connectivity index (χ0v) is 16.0. The summed E-state index contributed by atoms with van der Waals surface area (Å²) in [5.41, 5.74) is 1.52. The van der Waals surface area contributed by atoms with Crippen molar-refractivity contribution in [2.45, 2.75) is 19.8 Å². The van der Waals surface area contributed by atoms with Gasteiger partial charge in [0.25, 0.3) is 0 Å². The largest absolute Gasteiger partial charge is 0.513 e. The molecule has 0 saturated carbocycles. The molecule has 0 amide bonds. The number of hydrogen-bond donors (Lipinski definition) is 1. The van der Waals surface area contributed by atoms with E-state index >= 15 is 0 Å². The first-order chi connectivity index (χ1) is 12.3. The molecule has 0 spiro atoms. The van der Waals surface area contributed by atoms with Crippen LogP contribution in [0.2, 0.25) is 10.0 Å². The van der Waals surface area contributed by atoms with Gasteiger partial charge in [0.2, 0.25) is 0 Å². The van der Waals surface area contributed by atoms with Crippen LogP contribution >= 0.6 is 23.2 Å². The smallest absolute Gasteiger partial charge is 0.437 e. The highest BCUT2D eigenvalue weighted by atomic mass is 35.5. The Morgan fingerprint density at radius 2 is 1.46 bits per heavy atom. The van der Waals surface area contributed by atoms with E-state index in [0.717, 1.165) is 0 Å². The molecular formula is C17H17Cl2NO6. The maximum absolute atomic E-state index is 11.7. The second-order valence-electron chi connectivity index (χ2n) is 5.29. The number of nitrogens with one attached hydrogen (secondary N) is 1. The molecule has 1 aliphatic rings. The first-order valence-corrected chi connectivity index (χ1v) is 8.19. The van der Waals surface area contributed by atoms with Crippen LogP contribution in [-0.2, 0) is 18.9 Å². The Morgan fingerprint density at radius 3 is 1.92 bits per heavy atom. The fourth-order valence-corrected chi connectivity index (χ4v) is 2.93. The molecule has 0 aliphatic carbocycles. The van der Waals surface area contributed by atoms with Crippen molar-refractivity contribution < 1.29 is 28.5 Å². The zero-order chi connectivity index (χ0) is 19.4. The summed E-state index contributed by atoms with van der Waals surface area (Å²) < 4.78 is 19.7. The molecule has 1 aromatic carbocycles. The minimum Gasteiger partial charge on any atom is -0.437 e. The van der Waals surface area contributed by atoms with E-state index in [2.05, 4.69) is 14.8 Å². The summed E-state index contributed by atoms with van der Waals surface area (Å²) in [7, 11) is 2.37.